The van der Waals surface area contributed by atoms with Gasteiger partial charge in [0.1, 0.15) is 11.6 Å². The molecule has 0 radical (unpaired) electrons. The van der Waals surface area contributed by atoms with Crippen molar-refractivity contribution in [1.29, 1.82) is 0 Å². The Labute approximate surface area is 161 Å². The van der Waals surface area contributed by atoms with Gasteiger partial charge in [0, 0.05) is 23.8 Å². The van der Waals surface area contributed by atoms with Crippen molar-refractivity contribution in [2.45, 2.75) is 19.3 Å². The summed E-state index contributed by atoms with van der Waals surface area (Å²) in [6.07, 6.45) is 3.30. The van der Waals surface area contributed by atoms with Crippen molar-refractivity contribution in [2.75, 3.05) is 30.4 Å². The largest absolute Gasteiger partial charge is 0.494 e. The van der Waals surface area contributed by atoms with Crippen molar-refractivity contribution in [1.82, 2.24) is 0 Å². The monoisotopic (exact) mass is 396 g/mol. The van der Waals surface area contributed by atoms with Crippen LogP contribution in [0.1, 0.15) is 29.6 Å². The third-order valence-corrected chi connectivity index (χ3v) is 4.86. The minimum atomic E-state index is -0.476. The van der Waals surface area contributed by atoms with Crippen LogP contribution in [-0.2, 0) is 0 Å². The van der Waals surface area contributed by atoms with E-state index in [1.54, 1.807) is 12.1 Å². The van der Waals surface area contributed by atoms with Crippen LogP contribution in [0.5, 0.6) is 5.75 Å². The molecule has 138 valence electrons. The summed E-state index contributed by atoms with van der Waals surface area (Å²) >= 11 is 12.0. The number of anilines is 2. The molecule has 0 aromatic heterocycles. The average molecular weight is 397 g/mol. The van der Waals surface area contributed by atoms with Crippen molar-refractivity contribution >= 4 is 40.5 Å². The SMILES string of the molecule is COc1c(Cl)cc(Cl)cc1C(=O)Nc1ccc(N2CCCCC2)c(F)c1. The molecule has 4 nitrogen and oxygen atoms in total. The molecule has 0 atom stereocenters. The number of nitrogens with zero attached hydrogens (tertiary/aromatic N) is 1. The first kappa shape index (κ1) is 18.8. The molecule has 0 spiro atoms. The molecule has 26 heavy (non-hydrogen) atoms. The number of nitrogens with one attached hydrogen (secondary N) is 1. The molecule has 0 bridgehead atoms. The molecule has 1 aliphatic rings. The Morgan fingerprint density at radius 2 is 1.88 bits per heavy atom. The van der Waals surface area contributed by atoms with Crippen LogP contribution >= 0.6 is 23.2 Å². The zero-order valence-corrected chi connectivity index (χ0v) is 15.8. The molecule has 0 saturated carbocycles. The van der Waals surface area contributed by atoms with Gasteiger partial charge in [0.2, 0.25) is 0 Å². The third-order valence-electron chi connectivity index (χ3n) is 4.36. The number of ether oxygens (including phenoxy) is 1. The van der Waals surface area contributed by atoms with Gasteiger partial charge in [0.25, 0.3) is 5.91 Å². The Balaban J connectivity index is 1.81. The highest BCUT2D eigenvalue weighted by Crippen LogP contribution is 2.33. The summed E-state index contributed by atoms with van der Waals surface area (Å²) in [6.45, 7) is 1.70. The maximum atomic E-state index is 14.5. The highest BCUT2D eigenvalue weighted by molar-refractivity contribution is 6.36. The zero-order chi connectivity index (χ0) is 18.7. The summed E-state index contributed by atoms with van der Waals surface area (Å²) in [5.41, 5.74) is 1.10. The molecule has 1 N–H and O–H groups in total. The Kier molecular flexibility index (Phi) is 5.89. The van der Waals surface area contributed by atoms with Crippen LogP contribution in [0.4, 0.5) is 15.8 Å². The van der Waals surface area contributed by atoms with Crippen molar-refractivity contribution in [3.05, 3.63) is 51.8 Å². The van der Waals surface area contributed by atoms with Gasteiger partial charge in [-0.2, -0.15) is 0 Å². The third kappa shape index (κ3) is 4.05. The molecule has 1 saturated heterocycles. The van der Waals surface area contributed by atoms with Gasteiger partial charge in [-0.25, -0.2) is 4.39 Å². The van der Waals surface area contributed by atoms with Gasteiger partial charge < -0.3 is 15.0 Å². The second-order valence-electron chi connectivity index (χ2n) is 6.14. The van der Waals surface area contributed by atoms with Crippen LogP contribution in [-0.4, -0.2) is 26.1 Å². The number of hydrogen-bond acceptors (Lipinski definition) is 3. The number of carbonyl (C=O) groups is 1. The van der Waals surface area contributed by atoms with Crippen LogP contribution in [0, 0.1) is 5.82 Å². The molecule has 1 fully saturated rings. The van der Waals surface area contributed by atoms with E-state index in [2.05, 4.69) is 5.32 Å². The summed E-state index contributed by atoms with van der Waals surface area (Å²) in [5.74, 6) is -0.615. The fourth-order valence-corrected chi connectivity index (χ4v) is 3.68. The molecule has 1 heterocycles. The quantitative estimate of drug-likeness (QED) is 0.753. The number of amides is 1. The predicted octanol–water partition coefficient (Wildman–Crippen LogP) is 5.38. The van der Waals surface area contributed by atoms with E-state index in [0.717, 1.165) is 25.9 Å². The van der Waals surface area contributed by atoms with Crippen molar-refractivity contribution in [3.63, 3.8) is 0 Å². The van der Waals surface area contributed by atoms with Crippen molar-refractivity contribution < 1.29 is 13.9 Å². The maximum Gasteiger partial charge on any atom is 0.259 e. The van der Waals surface area contributed by atoms with E-state index in [-0.39, 0.29) is 22.2 Å². The Morgan fingerprint density at radius 3 is 2.54 bits per heavy atom. The van der Waals surface area contributed by atoms with Gasteiger partial charge in [0.05, 0.1) is 23.4 Å². The first-order valence-corrected chi connectivity index (χ1v) is 9.14. The van der Waals surface area contributed by atoms with Crippen LogP contribution < -0.4 is 15.0 Å². The highest BCUT2D eigenvalue weighted by Gasteiger charge is 2.19. The molecule has 0 aliphatic carbocycles. The first-order chi connectivity index (χ1) is 12.5. The second kappa shape index (κ2) is 8.14. The number of benzene rings is 2. The van der Waals surface area contributed by atoms with Gasteiger partial charge in [-0.3, -0.25) is 4.79 Å². The summed E-state index contributed by atoms with van der Waals surface area (Å²) in [6, 6.07) is 7.65. The number of halogens is 3. The lowest BCUT2D eigenvalue weighted by Crippen LogP contribution is -2.30. The lowest BCUT2D eigenvalue weighted by Gasteiger charge is -2.29. The van der Waals surface area contributed by atoms with Crippen LogP contribution in [0.2, 0.25) is 10.0 Å². The minimum absolute atomic E-state index is 0.186. The summed E-state index contributed by atoms with van der Waals surface area (Å²) < 4.78 is 19.7. The Bertz CT molecular complexity index is 823. The maximum absolute atomic E-state index is 14.5. The van der Waals surface area contributed by atoms with E-state index in [9.17, 15) is 9.18 Å². The fourth-order valence-electron chi connectivity index (χ4n) is 3.11. The van der Waals surface area contributed by atoms with Crippen LogP contribution in [0.15, 0.2) is 30.3 Å². The van der Waals surface area contributed by atoms with E-state index < -0.39 is 5.91 Å². The lowest BCUT2D eigenvalue weighted by atomic mass is 10.1. The number of hydrogen-bond donors (Lipinski definition) is 1. The number of carbonyl (C=O) groups excluding carboxylic acids is 1. The van der Waals surface area contributed by atoms with Crippen molar-refractivity contribution in [3.8, 4) is 5.75 Å². The van der Waals surface area contributed by atoms with E-state index >= 15 is 0 Å². The fraction of sp³-hybridized carbons (Fsp3) is 0.316. The summed E-state index contributed by atoms with van der Waals surface area (Å²) in [7, 11) is 1.42. The van der Waals surface area contributed by atoms with Gasteiger partial charge in [-0.05, 0) is 49.6 Å². The molecule has 1 amide bonds. The Morgan fingerprint density at radius 1 is 1.15 bits per heavy atom. The molecular formula is C19H19Cl2FN2O2. The van der Waals surface area contributed by atoms with Crippen molar-refractivity contribution in [2.24, 2.45) is 0 Å². The van der Waals surface area contributed by atoms with Crippen LogP contribution in [0.3, 0.4) is 0 Å². The Hall–Kier alpha value is -1.98. The molecule has 1 aliphatic heterocycles. The standard InChI is InChI=1S/C19H19Cl2FN2O2/c1-26-18-14(9-12(20)10-15(18)21)19(25)23-13-5-6-17(16(22)11-13)24-7-3-2-4-8-24/h5-6,9-11H,2-4,7-8H2,1H3,(H,23,25). The van der Waals surface area contributed by atoms with Gasteiger partial charge in [0.15, 0.2) is 0 Å². The smallest absolute Gasteiger partial charge is 0.259 e. The highest BCUT2D eigenvalue weighted by atomic mass is 35.5. The van der Waals surface area contributed by atoms with E-state index in [4.69, 9.17) is 27.9 Å². The molecule has 3 rings (SSSR count). The topological polar surface area (TPSA) is 41.6 Å². The van der Waals surface area contributed by atoms with Gasteiger partial charge in [-0.1, -0.05) is 23.2 Å². The normalized spacial score (nSPS) is 14.2. The predicted molar refractivity (Wildman–Crippen MR) is 103 cm³/mol. The van der Waals surface area contributed by atoms with Crippen LogP contribution in [0.25, 0.3) is 0 Å². The first-order valence-electron chi connectivity index (χ1n) is 8.38. The van der Waals surface area contributed by atoms with E-state index in [1.807, 2.05) is 4.90 Å². The summed E-state index contributed by atoms with van der Waals surface area (Å²) in [5, 5.41) is 3.21. The number of methoxy groups -OCH3 is 1. The van der Waals surface area contributed by atoms with Gasteiger partial charge >= 0.3 is 0 Å². The number of rotatable bonds is 4. The molecule has 0 unspecified atom stereocenters. The molecule has 2 aromatic rings. The molecule has 2 aromatic carbocycles. The zero-order valence-electron chi connectivity index (χ0n) is 14.3. The van der Waals surface area contributed by atoms with Gasteiger partial charge in [-0.15, -0.1) is 0 Å². The lowest BCUT2D eigenvalue weighted by molar-refractivity contribution is 0.102. The second-order valence-corrected chi connectivity index (χ2v) is 6.98. The van der Waals surface area contributed by atoms with E-state index in [0.29, 0.717) is 16.4 Å². The average Bonchev–Trinajstić information content (AvgIpc) is 2.62. The molecular weight excluding hydrogens is 378 g/mol. The molecule has 7 heteroatoms. The minimum Gasteiger partial charge on any atom is -0.494 e. The number of piperidine rings is 1. The summed E-state index contributed by atoms with van der Waals surface area (Å²) in [4.78, 5) is 14.6. The van der Waals surface area contributed by atoms with E-state index in [1.165, 1.54) is 31.7 Å².